The van der Waals surface area contributed by atoms with Gasteiger partial charge in [0.2, 0.25) is 0 Å². The number of fused-ring (bicyclic) bond motifs is 1. The van der Waals surface area contributed by atoms with Crippen LogP contribution >= 0.6 is 0 Å². The molecule has 1 saturated carbocycles. The lowest BCUT2D eigenvalue weighted by molar-refractivity contribution is 0.00251. The first-order chi connectivity index (χ1) is 10.5. The highest BCUT2D eigenvalue weighted by Crippen LogP contribution is 2.51. The summed E-state index contributed by atoms with van der Waals surface area (Å²) in [6, 6.07) is 6.70. The van der Waals surface area contributed by atoms with Crippen molar-refractivity contribution < 1.29 is 14.6 Å². The van der Waals surface area contributed by atoms with Crippen LogP contribution in [-0.2, 0) is 5.41 Å². The number of aliphatic hydroxyl groups is 1. The van der Waals surface area contributed by atoms with Gasteiger partial charge < -0.3 is 19.5 Å². The Morgan fingerprint density at radius 2 is 1.91 bits per heavy atom. The summed E-state index contributed by atoms with van der Waals surface area (Å²) in [5, 5.41) is 10.3. The average Bonchev–Trinajstić information content (AvgIpc) is 2.89. The van der Waals surface area contributed by atoms with Crippen LogP contribution in [0.4, 0.5) is 0 Å². The van der Waals surface area contributed by atoms with Crippen LogP contribution in [0.15, 0.2) is 18.2 Å². The first-order valence-electron chi connectivity index (χ1n) is 8.14. The van der Waals surface area contributed by atoms with E-state index in [9.17, 15) is 5.11 Å². The van der Waals surface area contributed by atoms with E-state index in [0.717, 1.165) is 37.3 Å². The highest BCUT2D eigenvalue weighted by molar-refractivity contribution is 5.46. The molecule has 2 unspecified atom stereocenters. The number of benzene rings is 1. The van der Waals surface area contributed by atoms with Crippen LogP contribution < -0.4 is 9.47 Å². The van der Waals surface area contributed by atoms with Crippen LogP contribution in [-0.4, -0.2) is 50.0 Å². The van der Waals surface area contributed by atoms with Crippen LogP contribution in [0.2, 0.25) is 0 Å². The van der Waals surface area contributed by atoms with E-state index in [0.29, 0.717) is 6.04 Å². The third-order valence-corrected chi connectivity index (χ3v) is 5.90. The molecule has 4 nitrogen and oxygen atoms in total. The molecule has 0 radical (unpaired) electrons. The molecule has 2 aliphatic rings. The highest BCUT2D eigenvalue weighted by atomic mass is 16.5. The molecular formula is C18H27NO3. The summed E-state index contributed by atoms with van der Waals surface area (Å²) in [5.74, 6) is 1.85. The Balaban J connectivity index is 2.05. The summed E-state index contributed by atoms with van der Waals surface area (Å²) < 4.78 is 10.9. The number of aliphatic hydroxyl groups excluding tert-OH is 1. The van der Waals surface area contributed by atoms with E-state index >= 15 is 0 Å². The van der Waals surface area contributed by atoms with Crippen molar-refractivity contribution in [2.45, 2.75) is 43.7 Å². The van der Waals surface area contributed by atoms with Gasteiger partial charge in [-0.15, -0.1) is 0 Å². The van der Waals surface area contributed by atoms with Gasteiger partial charge in [-0.3, -0.25) is 0 Å². The minimum absolute atomic E-state index is 0.118. The maximum atomic E-state index is 10.3. The molecule has 2 fully saturated rings. The summed E-state index contributed by atoms with van der Waals surface area (Å²) in [5.41, 5.74) is 1.44. The predicted octanol–water partition coefficient (Wildman–Crippen LogP) is 2.44. The number of methoxy groups -OCH3 is 2. The van der Waals surface area contributed by atoms with Gasteiger partial charge in [-0.05, 0) is 56.5 Å². The lowest BCUT2D eigenvalue weighted by Gasteiger charge is -2.47. The quantitative estimate of drug-likeness (QED) is 0.931. The Morgan fingerprint density at radius 3 is 2.59 bits per heavy atom. The van der Waals surface area contributed by atoms with Gasteiger partial charge in [0.05, 0.1) is 20.3 Å². The molecule has 1 aromatic rings. The molecule has 1 heterocycles. The second-order valence-corrected chi connectivity index (χ2v) is 6.87. The Kier molecular flexibility index (Phi) is 4.08. The van der Waals surface area contributed by atoms with Crippen molar-refractivity contribution in [3.05, 3.63) is 23.8 Å². The van der Waals surface area contributed by atoms with Gasteiger partial charge in [0.25, 0.3) is 0 Å². The fourth-order valence-corrected chi connectivity index (χ4v) is 4.75. The predicted molar refractivity (Wildman–Crippen MR) is 86.7 cm³/mol. The van der Waals surface area contributed by atoms with Gasteiger partial charge in [-0.2, -0.15) is 0 Å². The summed E-state index contributed by atoms with van der Waals surface area (Å²) in [7, 11) is 5.54. The third-order valence-electron chi connectivity index (χ3n) is 5.90. The number of nitrogens with zero attached hydrogens (tertiary/aromatic N) is 1. The number of ether oxygens (including phenoxy) is 2. The molecule has 3 rings (SSSR count). The molecule has 1 N–H and O–H groups in total. The number of likely N-dealkylation sites (tertiary alicyclic amines) is 1. The molecule has 1 aliphatic carbocycles. The van der Waals surface area contributed by atoms with E-state index < -0.39 is 0 Å². The molecular weight excluding hydrogens is 278 g/mol. The lowest BCUT2D eigenvalue weighted by Crippen LogP contribution is -2.53. The zero-order valence-electron chi connectivity index (χ0n) is 14.0. The van der Waals surface area contributed by atoms with Gasteiger partial charge in [0, 0.05) is 11.5 Å². The van der Waals surface area contributed by atoms with Crippen LogP contribution in [0.5, 0.6) is 11.5 Å². The standard InChI is InChI=1S/C18H27NO3/c1-12-14(20)7-8-18(9-10-19(2)17(12)18)13-5-6-15(21-3)16(11-13)22-4/h5-6,11-12,14,17,20H,7-10H2,1-4H3/t12?,14?,17-,18-/m0/s1. The Labute approximate surface area is 133 Å². The molecule has 0 spiro atoms. The number of rotatable bonds is 3. The number of likely N-dealkylation sites (N-methyl/N-ethyl adjacent to an activating group) is 1. The fourth-order valence-electron chi connectivity index (χ4n) is 4.75. The molecule has 1 aromatic carbocycles. The second kappa shape index (κ2) is 5.74. The SMILES string of the molecule is COc1ccc([C@@]23CCC(O)C(C)[C@@H]2N(C)CC3)cc1OC. The fraction of sp³-hybridized carbons (Fsp3) is 0.667. The molecule has 22 heavy (non-hydrogen) atoms. The monoisotopic (exact) mass is 305 g/mol. The van der Waals surface area contributed by atoms with Crippen LogP contribution in [0.25, 0.3) is 0 Å². The van der Waals surface area contributed by atoms with E-state index in [2.05, 4.69) is 31.0 Å². The maximum absolute atomic E-state index is 10.3. The zero-order chi connectivity index (χ0) is 15.9. The van der Waals surface area contributed by atoms with Gasteiger partial charge in [-0.25, -0.2) is 0 Å². The third kappa shape index (κ3) is 2.20. The van der Waals surface area contributed by atoms with Crippen LogP contribution in [0, 0.1) is 5.92 Å². The van der Waals surface area contributed by atoms with E-state index in [-0.39, 0.29) is 17.4 Å². The minimum atomic E-state index is -0.196. The van der Waals surface area contributed by atoms with E-state index in [1.165, 1.54) is 5.56 Å². The summed E-state index contributed by atoms with van der Waals surface area (Å²) >= 11 is 0. The Bertz CT molecular complexity index is 547. The van der Waals surface area contributed by atoms with Crippen LogP contribution in [0.1, 0.15) is 31.7 Å². The lowest BCUT2D eigenvalue weighted by atomic mass is 9.62. The van der Waals surface area contributed by atoms with Crippen molar-refractivity contribution >= 4 is 0 Å². The number of hydrogen-bond donors (Lipinski definition) is 1. The molecule has 0 bridgehead atoms. The van der Waals surface area contributed by atoms with Gasteiger partial charge in [-0.1, -0.05) is 13.0 Å². The Morgan fingerprint density at radius 1 is 1.18 bits per heavy atom. The maximum Gasteiger partial charge on any atom is 0.161 e. The molecule has 4 heteroatoms. The molecule has 0 aromatic heterocycles. The normalized spacial score (nSPS) is 35.2. The summed E-state index contributed by atoms with van der Waals surface area (Å²) in [4.78, 5) is 2.42. The van der Waals surface area contributed by atoms with E-state index in [1.54, 1.807) is 14.2 Å². The minimum Gasteiger partial charge on any atom is -0.493 e. The second-order valence-electron chi connectivity index (χ2n) is 6.87. The highest BCUT2D eigenvalue weighted by Gasteiger charge is 2.53. The van der Waals surface area contributed by atoms with Crippen molar-refractivity contribution in [2.75, 3.05) is 27.8 Å². The molecule has 4 atom stereocenters. The van der Waals surface area contributed by atoms with Gasteiger partial charge >= 0.3 is 0 Å². The molecule has 1 saturated heterocycles. The van der Waals surface area contributed by atoms with E-state index in [1.807, 2.05) is 6.07 Å². The molecule has 1 aliphatic heterocycles. The van der Waals surface area contributed by atoms with E-state index in [4.69, 9.17) is 9.47 Å². The summed E-state index contributed by atoms with van der Waals surface area (Å²) in [6.07, 6.45) is 2.85. The van der Waals surface area contributed by atoms with Gasteiger partial charge in [0.1, 0.15) is 0 Å². The smallest absolute Gasteiger partial charge is 0.161 e. The average molecular weight is 305 g/mol. The molecule has 122 valence electrons. The largest absolute Gasteiger partial charge is 0.493 e. The van der Waals surface area contributed by atoms with Crippen molar-refractivity contribution in [3.63, 3.8) is 0 Å². The first-order valence-corrected chi connectivity index (χ1v) is 8.14. The van der Waals surface area contributed by atoms with Crippen molar-refractivity contribution in [1.29, 1.82) is 0 Å². The van der Waals surface area contributed by atoms with Gasteiger partial charge in [0.15, 0.2) is 11.5 Å². The number of hydrogen-bond acceptors (Lipinski definition) is 4. The van der Waals surface area contributed by atoms with Crippen molar-refractivity contribution in [1.82, 2.24) is 4.90 Å². The van der Waals surface area contributed by atoms with Crippen molar-refractivity contribution in [3.8, 4) is 11.5 Å². The Hall–Kier alpha value is -1.26. The van der Waals surface area contributed by atoms with Crippen molar-refractivity contribution in [2.24, 2.45) is 5.92 Å². The topological polar surface area (TPSA) is 41.9 Å². The molecule has 0 amide bonds. The zero-order valence-corrected chi connectivity index (χ0v) is 14.0. The first kappa shape index (κ1) is 15.6. The van der Waals surface area contributed by atoms with Crippen LogP contribution in [0.3, 0.4) is 0 Å². The summed E-state index contributed by atoms with van der Waals surface area (Å²) in [6.45, 7) is 3.27.